The average molecular weight is 391 g/mol. The number of benzene rings is 3. The first-order valence-electron chi connectivity index (χ1n) is 11.4. The predicted octanol–water partition coefficient (Wildman–Crippen LogP) is 8.24. The normalized spacial score (nSPS) is 20.1. The molecule has 1 fully saturated rings. The predicted molar refractivity (Wildman–Crippen MR) is 128 cm³/mol. The van der Waals surface area contributed by atoms with E-state index in [1.165, 1.54) is 47.9 Å². The first-order valence-corrected chi connectivity index (χ1v) is 11.4. The highest BCUT2D eigenvalue weighted by Gasteiger charge is 2.36. The Morgan fingerprint density at radius 1 is 0.767 bits per heavy atom. The molecule has 0 heteroatoms. The Balaban J connectivity index is 1.66. The van der Waals surface area contributed by atoms with Gasteiger partial charge < -0.3 is 0 Å². The molecule has 1 saturated carbocycles. The van der Waals surface area contributed by atoms with Crippen molar-refractivity contribution in [2.75, 3.05) is 0 Å². The summed E-state index contributed by atoms with van der Waals surface area (Å²) in [4.78, 5) is 0. The third-order valence-electron chi connectivity index (χ3n) is 7.03. The smallest absolute Gasteiger partial charge is 0.0243 e. The van der Waals surface area contributed by atoms with Gasteiger partial charge in [0.15, 0.2) is 0 Å². The zero-order valence-electron chi connectivity index (χ0n) is 17.8. The monoisotopic (exact) mass is 390 g/mol. The topological polar surface area (TPSA) is 0 Å². The van der Waals surface area contributed by atoms with E-state index in [9.17, 15) is 0 Å². The van der Waals surface area contributed by atoms with Crippen molar-refractivity contribution in [3.05, 3.63) is 119 Å². The number of fused-ring (bicyclic) bond motifs is 1. The Morgan fingerprint density at radius 3 is 2.13 bits per heavy atom. The molecule has 0 heterocycles. The molecule has 0 spiro atoms. The zero-order valence-corrected chi connectivity index (χ0v) is 17.8. The fourth-order valence-electron chi connectivity index (χ4n) is 5.61. The summed E-state index contributed by atoms with van der Waals surface area (Å²) in [6, 6.07) is 31.0. The molecule has 0 N–H and O–H groups in total. The molecule has 3 aromatic carbocycles. The molecular formula is C30H30. The van der Waals surface area contributed by atoms with Crippen LogP contribution < -0.4 is 0 Å². The van der Waals surface area contributed by atoms with Crippen LogP contribution in [0.4, 0.5) is 0 Å². The first-order chi connectivity index (χ1) is 14.8. The molecule has 2 aliphatic rings. The van der Waals surface area contributed by atoms with Gasteiger partial charge in [0.1, 0.15) is 0 Å². The molecule has 0 aliphatic heterocycles. The molecule has 0 radical (unpaired) electrons. The second kappa shape index (κ2) is 8.48. The van der Waals surface area contributed by atoms with Gasteiger partial charge >= 0.3 is 0 Å². The highest BCUT2D eigenvalue weighted by Crippen LogP contribution is 2.53. The Kier molecular flexibility index (Phi) is 5.41. The summed E-state index contributed by atoms with van der Waals surface area (Å²) in [7, 11) is 0. The highest BCUT2D eigenvalue weighted by molar-refractivity contribution is 5.81. The van der Waals surface area contributed by atoms with Crippen LogP contribution in [-0.2, 0) is 0 Å². The summed E-state index contributed by atoms with van der Waals surface area (Å²) in [6.07, 6.45) is 10.2. The van der Waals surface area contributed by atoms with Gasteiger partial charge in [0.05, 0.1) is 0 Å². The summed E-state index contributed by atoms with van der Waals surface area (Å²) < 4.78 is 0. The van der Waals surface area contributed by atoms with Crippen LogP contribution in [0.2, 0.25) is 0 Å². The van der Waals surface area contributed by atoms with E-state index in [0.717, 1.165) is 0 Å². The second-order valence-corrected chi connectivity index (χ2v) is 8.82. The van der Waals surface area contributed by atoms with Gasteiger partial charge in [-0.1, -0.05) is 117 Å². The van der Waals surface area contributed by atoms with Crippen molar-refractivity contribution >= 4 is 11.6 Å². The molecule has 2 unspecified atom stereocenters. The maximum atomic E-state index is 2.44. The summed E-state index contributed by atoms with van der Waals surface area (Å²) >= 11 is 0. The van der Waals surface area contributed by atoms with E-state index in [1.807, 2.05) is 0 Å². The van der Waals surface area contributed by atoms with Crippen LogP contribution in [0, 0.1) is 5.92 Å². The van der Waals surface area contributed by atoms with E-state index in [1.54, 1.807) is 11.1 Å². The zero-order chi connectivity index (χ0) is 20.3. The second-order valence-electron chi connectivity index (χ2n) is 8.82. The summed E-state index contributed by atoms with van der Waals surface area (Å²) in [5, 5.41) is 0. The summed E-state index contributed by atoms with van der Waals surface area (Å²) in [6.45, 7) is 2.42. The maximum Gasteiger partial charge on any atom is 0.0243 e. The van der Waals surface area contributed by atoms with Crippen LogP contribution in [-0.4, -0.2) is 0 Å². The minimum absolute atomic E-state index is 0.310. The summed E-state index contributed by atoms with van der Waals surface area (Å²) in [5.74, 6) is 1.48. The van der Waals surface area contributed by atoms with Crippen molar-refractivity contribution in [3.63, 3.8) is 0 Å². The van der Waals surface area contributed by atoms with Crippen molar-refractivity contribution in [2.24, 2.45) is 5.92 Å². The van der Waals surface area contributed by atoms with E-state index in [2.05, 4.69) is 104 Å². The molecule has 5 rings (SSSR count). The van der Waals surface area contributed by atoms with E-state index in [4.69, 9.17) is 0 Å². The number of hydrogen-bond donors (Lipinski definition) is 0. The molecule has 0 aromatic heterocycles. The Labute approximate surface area is 181 Å². The number of rotatable bonds is 5. The number of hydrogen-bond acceptors (Lipinski definition) is 0. The lowest BCUT2D eigenvalue weighted by molar-refractivity contribution is 0.695. The molecule has 30 heavy (non-hydrogen) atoms. The summed E-state index contributed by atoms with van der Waals surface area (Å²) in [5.41, 5.74) is 8.98. The van der Waals surface area contributed by atoms with Crippen LogP contribution in [0.1, 0.15) is 66.7 Å². The third-order valence-corrected chi connectivity index (χ3v) is 7.03. The lowest BCUT2D eigenvalue weighted by Crippen LogP contribution is -2.07. The van der Waals surface area contributed by atoms with Crippen LogP contribution >= 0.6 is 0 Å². The van der Waals surface area contributed by atoms with Gasteiger partial charge in [-0.3, -0.25) is 0 Å². The van der Waals surface area contributed by atoms with Gasteiger partial charge in [-0.25, -0.2) is 0 Å². The fourth-order valence-corrected chi connectivity index (χ4v) is 5.61. The standard InChI is InChI=1S/C30H30/c1-22-26-18-10-11-19-28(26)30(25-16-8-9-17-25)29(22)27(24-14-6-3-7-15-24)21-20-23-12-4-2-5-13-23/h2-7,10-15,18-22,25,27H,8-9,16-17H2,1H3/b21-20+. The molecule has 150 valence electrons. The Morgan fingerprint density at radius 2 is 1.40 bits per heavy atom. The van der Waals surface area contributed by atoms with Crippen LogP contribution in [0.3, 0.4) is 0 Å². The van der Waals surface area contributed by atoms with E-state index < -0.39 is 0 Å². The van der Waals surface area contributed by atoms with Crippen molar-refractivity contribution in [2.45, 2.75) is 44.4 Å². The van der Waals surface area contributed by atoms with Gasteiger partial charge in [-0.2, -0.15) is 0 Å². The Bertz CT molecular complexity index is 1050. The SMILES string of the molecule is CC1C(C(/C=C/c2ccccc2)c2ccccc2)=C(C2CCCC2)c2ccccc21. The minimum atomic E-state index is 0.310. The van der Waals surface area contributed by atoms with Crippen LogP contribution in [0.15, 0.2) is 96.6 Å². The fraction of sp³-hybridized carbons (Fsp3) is 0.267. The maximum absolute atomic E-state index is 2.44. The molecule has 0 amide bonds. The lowest BCUT2D eigenvalue weighted by Gasteiger charge is -2.24. The van der Waals surface area contributed by atoms with Crippen LogP contribution in [0.5, 0.6) is 0 Å². The van der Waals surface area contributed by atoms with Gasteiger partial charge in [-0.05, 0) is 52.2 Å². The van der Waals surface area contributed by atoms with Crippen molar-refractivity contribution in [1.82, 2.24) is 0 Å². The molecule has 0 nitrogen and oxygen atoms in total. The molecule has 0 bridgehead atoms. The minimum Gasteiger partial charge on any atom is -0.0723 e. The molecule has 3 aromatic rings. The largest absolute Gasteiger partial charge is 0.0723 e. The van der Waals surface area contributed by atoms with Gasteiger partial charge in [0.2, 0.25) is 0 Å². The van der Waals surface area contributed by atoms with Gasteiger partial charge in [0.25, 0.3) is 0 Å². The molecule has 0 saturated heterocycles. The lowest BCUT2D eigenvalue weighted by atomic mass is 9.80. The molecule has 2 atom stereocenters. The number of allylic oxidation sites excluding steroid dienone is 3. The highest BCUT2D eigenvalue weighted by atomic mass is 14.4. The van der Waals surface area contributed by atoms with Crippen molar-refractivity contribution in [1.29, 1.82) is 0 Å². The average Bonchev–Trinajstić information content (AvgIpc) is 3.43. The third kappa shape index (κ3) is 3.56. The van der Waals surface area contributed by atoms with Crippen molar-refractivity contribution < 1.29 is 0 Å². The van der Waals surface area contributed by atoms with E-state index in [-0.39, 0.29) is 0 Å². The Hall–Kier alpha value is -2.86. The quantitative estimate of drug-likeness (QED) is 0.411. The van der Waals surface area contributed by atoms with Gasteiger partial charge in [0, 0.05) is 11.8 Å². The van der Waals surface area contributed by atoms with E-state index >= 15 is 0 Å². The first kappa shape index (κ1) is 19.1. The molecular weight excluding hydrogens is 360 g/mol. The van der Waals surface area contributed by atoms with Gasteiger partial charge in [-0.15, -0.1) is 0 Å². The molecule has 2 aliphatic carbocycles. The van der Waals surface area contributed by atoms with Crippen molar-refractivity contribution in [3.8, 4) is 0 Å². The van der Waals surface area contributed by atoms with Crippen LogP contribution in [0.25, 0.3) is 11.6 Å². The van der Waals surface area contributed by atoms with E-state index in [0.29, 0.717) is 17.8 Å².